The molecule has 17 heavy (non-hydrogen) atoms. The van der Waals surface area contributed by atoms with Crippen LogP contribution in [0.3, 0.4) is 0 Å². The second kappa shape index (κ2) is 4.17. The molecular weight excluding hydrogens is 208 g/mol. The molecule has 1 aliphatic carbocycles. The third-order valence-electron chi connectivity index (χ3n) is 3.40. The summed E-state index contributed by atoms with van der Waals surface area (Å²) in [5, 5.41) is 0. The molecule has 0 unspecified atom stereocenters. The van der Waals surface area contributed by atoms with Crippen molar-refractivity contribution in [2.75, 3.05) is 0 Å². The van der Waals surface area contributed by atoms with E-state index >= 15 is 0 Å². The molecule has 0 aromatic heterocycles. The Bertz CT molecular complexity index is 555. The Labute approximate surface area is 101 Å². The minimum atomic E-state index is 0.125. The van der Waals surface area contributed by atoms with Gasteiger partial charge in [-0.3, -0.25) is 4.79 Å². The highest BCUT2D eigenvalue weighted by atomic mass is 16.1. The predicted molar refractivity (Wildman–Crippen MR) is 68.3 cm³/mol. The van der Waals surface area contributed by atoms with Crippen LogP contribution in [0.5, 0.6) is 0 Å². The van der Waals surface area contributed by atoms with Gasteiger partial charge in [-0.15, -0.1) is 0 Å². The monoisotopic (exact) mass is 222 g/mol. The Morgan fingerprint density at radius 2 is 1.59 bits per heavy atom. The average molecular weight is 222 g/mol. The summed E-state index contributed by atoms with van der Waals surface area (Å²) in [5.41, 5.74) is 4.35. The molecule has 0 heterocycles. The molecule has 1 nitrogen and oxygen atoms in total. The minimum Gasteiger partial charge on any atom is -0.289 e. The SMILES string of the molecule is O=C(c1ccccc1)c1ccc2c(c1)CCC2. The van der Waals surface area contributed by atoms with Crippen LogP contribution in [0.15, 0.2) is 48.5 Å². The van der Waals surface area contributed by atoms with Gasteiger partial charge in [0.1, 0.15) is 0 Å². The molecule has 0 spiro atoms. The van der Waals surface area contributed by atoms with Gasteiger partial charge in [0, 0.05) is 11.1 Å². The molecule has 2 aromatic carbocycles. The van der Waals surface area contributed by atoms with E-state index < -0.39 is 0 Å². The van der Waals surface area contributed by atoms with Gasteiger partial charge >= 0.3 is 0 Å². The molecule has 0 aliphatic heterocycles. The molecular formula is C16H14O. The molecule has 0 amide bonds. The fraction of sp³-hybridized carbons (Fsp3) is 0.188. The second-order valence-corrected chi connectivity index (χ2v) is 4.53. The summed E-state index contributed by atoms with van der Waals surface area (Å²) >= 11 is 0. The first kappa shape index (κ1) is 10.3. The molecule has 2 aromatic rings. The van der Waals surface area contributed by atoms with Crippen molar-refractivity contribution in [2.24, 2.45) is 0 Å². The van der Waals surface area contributed by atoms with Crippen LogP contribution < -0.4 is 0 Å². The lowest BCUT2D eigenvalue weighted by atomic mass is 9.99. The van der Waals surface area contributed by atoms with Gasteiger partial charge in [-0.25, -0.2) is 0 Å². The third kappa shape index (κ3) is 1.89. The zero-order chi connectivity index (χ0) is 11.7. The first-order valence-electron chi connectivity index (χ1n) is 6.06. The Morgan fingerprint density at radius 3 is 2.41 bits per heavy atom. The van der Waals surface area contributed by atoms with Gasteiger partial charge in [0.2, 0.25) is 0 Å². The second-order valence-electron chi connectivity index (χ2n) is 4.53. The smallest absolute Gasteiger partial charge is 0.193 e. The van der Waals surface area contributed by atoms with Crippen LogP contribution in [0.25, 0.3) is 0 Å². The Balaban J connectivity index is 1.97. The first-order valence-corrected chi connectivity index (χ1v) is 6.06. The molecule has 0 saturated carbocycles. The molecule has 3 rings (SSSR count). The van der Waals surface area contributed by atoms with Crippen molar-refractivity contribution in [3.05, 3.63) is 70.8 Å². The van der Waals surface area contributed by atoms with E-state index in [1.54, 1.807) is 0 Å². The van der Waals surface area contributed by atoms with Crippen molar-refractivity contribution in [3.8, 4) is 0 Å². The minimum absolute atomic E-state index is 0.125. The maximum Gasteiger partial charge on any atom is 0.193 e. The fourth-order valence-corrected chi connectivity index (χ4v) is 2.47. The van der Waals surface area contributed by atoms with Gasteiger partial charge in [0.15, 0.2) is 5.78 Å². The van der Waals surface area contributed by atoms with Gasteiger partial charge in [-0.2, -0.15) is 0 Å². The summed E-state index contributed by atoms with van der Waals surface area (Å²) in [6, 6.07) is 15.6. The molecule has 0 saturated heterocycles. The number of hydrogen-bond donors (Lipinski definition) is 0. The largest absolute Gasteiger partial charge is 0.289 e. The van der Waals surface area contributed by atoms with E-state index in [2.05, 4.69) is 12.1 Å². The van der Waals surface area contributed by atoms with E-state index in [4.69, 9.17) is 0 Å². The van der Waals surface area contributed by atoms with Crippen molar-refractivity contribution in [1.82, 2.24) is 0 Å². The number of rotatable bonds is 2. The van der Waals surface area contributed by atoms with Gasteiger partial charge in [-0.1, -0.05) is 42.5 Å². The summed E-state index contributed by atoms with van der Waals surface area (Å²) in [6.07, 6.45) is 3.50. The third-order valence-corrected chi connectivity index (χ3v) is 3.40. The van der Waals surface area contributed by atoms with Crippen LogP contribution in [-0.2, 0) is 12.8 Å². The summed E-state index contributed by atoms with van der Waals surface area (Å²) in [4.78, 5) is 12.2. The molecule has 1 heteroatoms. The summed E-state index contributed by atoms with van der Waals surface area (Å²) in [7, 11) is 0. The van der Waals surface area contributed by atoms with Gasteiger partial charge in [-0.05, 0) is 36.5 Å². The van der Waals surface area contributed by atoms with E-state index in [0.29, 0.717) is 0 Å². The zero-order valence-corrected chi connectivity index (χ0v) is 9.65. The number of fused-ring (bicyclic) bond motifs is 1. The molecule has 84 valence electrons. The van der Waals surface area contributed by atoms with Crippen molar-refractivity contribution in [2.45, 2.75) is 19.3 Å². The van der Waals surface area contributed by atoms with E-state index in [-0.39, 0.29) is 5.78 Å². The summed E-state index contributed by atoms with van der Waals surface area (Å²) in [6.45, 7) is 0. The maximum atomic E-state index is 12.2. The number of hydrogen-bond acceptors (Lipinski definition) is 1. The Morgan fingerprint density at radius 1 is 0.824 bits per heavy atom. The Hall–Kier alpha value is -1.89. The van der Waals surface area contributed by atoms with Crippen molar-refractivity contribution >= 4 is 5.78 Å². The topological polar surface area (TPSA) is 17.1 Å². The van der Waals surface area contributed by atoms with Crippen LogP contribution in [0.2, 0.25) is 0 Å². The van der Waals surface area contributed by atoms with E-state index in [9.17, 15) is 4.79 Å². The van der Waals surface area contributed by atoms with Crippen LogP contribution >= 0.6 is 0 Å². The highest BCUT2D eigenvalue weighted by Crippen LogP contribution is 2.23. The molecule has 0 bridgehead atoms. The lowest BCUT2D eigenvalue weighted by Crippen LogP contribution is -2.01. The quantitative estimate of drug-likeness (QED) is 0.712. The lowest BCUT2D eigenvalue weighted by molar-refractivity contribution is 0.103. The zero-order valence-electron chi connectivity index (χ0n) is 9.65. The van der Waals surface area contributed by atoms with E-state index in [1.165, 1.54) is 17.5 Å². The molecule has 0 radical (unpaired) electrons. The molecule has 1 aliphatic rings. The summed E-state index contributed by atoms with van der Waals surface area (Å²) < 4.78 is 0. The number of ketones is 1. The van der Waals surface area contributed by atoms with Gasteiger partial charge in [0.05, 0.1) is 0 Å². The lowest BCUT2D eigenvalue weighted by Gasteiger charge is -2.04. The number of aryl methyl sites for hydroxylation is 2. The van der Waals surface area contributed by atoms with E-state index in [0.717, 1.165) is 24.0 Å². The van der Waals surface area contributed by atoms with Crippen LogP contribution in [0.4, 0.5) is 0 Å². The van der Waals surface area contributed by atoms with Crippen LogP contribution in [-0.4, -0.2) is 5.78 Å². The normalized spacial score (nSPS) is 13.4. The fourth-order valence-electron chi connectivity index (χ4n) is 2.47. The summed E-state index contributed by atoms with van der Waals surface area (Å²) in [5.74, 6) is 0.125. The van der Waals surface area contributed by atoms with Gasteiger partial charge in [0.25, 0.3) is 0 Å². The molecule has 0 N–H and O–H groups in total. The average Bonchev–Trinajstić information content (AvgIpc) is 2.86. The highest BCUT2D eigenvalue weighted by molar-refractivity contribution is 6.09. The van der Waals surface area contributed by atoms with Crippen molar-refractivity contribution in [3.63, 3.8) is 0 Å². The maximum absolute atomic E-state index is 12.2. The highest BCUT2D eigenvalue weighted by Gasteiger charge is 2.14. The molecule has 0 fully saturated rings. The predicted octanol–water partition coefficient (Wildman–Crippen LogP) is 3.41. The molecule has 0 atom stereocenters. The van der Waals surface area contributed by atoms with Crippen molar-refractivity contribution in [1.29, 1.82) is 0 Å². The van der Waals surface area contributed by atoms with Crippen LogP contribution in [0.1, 0.15) is 33.5 Å². The standard InChI is InChI=1S/C16H14O/c17-16(13-5-2-1-3-6-13)15-10-9-12-7-4-8-14(12)11-15/h1-3,5-6,9-11H,4,7-8H2. The van der Waals surface area contributed by atoms with Crippen molar-refractivity contribution < 1.29 is 4.79 Å². The van der Waals surface area contributed by atoms with Gasteiger partial charge < -0.3 is 0 Å². The van der Waals surface area contributed by atoms with E-state index in [1.807, 2.05) is 36.4 Å². The number of benzene rings is 2. The Kier molecular flexibility index (Phi) is 2.52. The first-order chi connectivity index (χ1) is 8.34. The number of carbonyl (C=O) groups is 1. The number of carbonyl (C=O) groups excluding carboxylic acids is 1. The van der Waals surface area contributed by atoms with Crippen LogP contribution in [0, 0.1) is 0 Å².